The van der Waals surface area contributed by atoms with E-state index in [4.69, 9.17) is 34.8 Å². The molecule has 0 spiro atoms. The van der Waals surface area contributed by atoms with E-state index in [1.54, 1.807) is 6.07 Å². The first kappa shape index (κ1) is 13.5. The van der Waals surface area contributed by atoms with Crippen LogP contribution in [0.25, 0.3) is 0 Å². The molecule has 3 aliphatic carbocycles. The maximum absolute atomic E-state index is 6.29. The highest BCUT2D eigenvalue weighted by atomic mass is 35.5. The van der Waals surface area contributed by atoms with Gasteiger partial charge in [0.05, 0.1) is 20.8 Å². The van der Waals surface area contributed by atoms with E-state index >= 15 is 0 Å². The molecule has 1 N–H and O–H groups in total. The molecule has 0 radical (unpaired) electrons. The number of halogens is 3. The maximum atomic E-state index is 6.29. The highest BCUT2D eigenvalue weighted by molar-refractivity contribution is 6.44. The average Bonchev–Trinajstić information content (AvgIpc) is 3.07. The maximum Gasteiger partial charge on any atom is 0.0653 e. The number of fused-ring (bicyclic) bond motifs is 5. The Hall–Kier alpha value is -0.110. The molecule has 1 aromatic rings. The molecule has 1 nitrogen and oxygen atoms in total. The Morgan fingerprint density at radius 1 is 0.850 bits per heavy atom. The van der Waals surface area contributed by atoms with E-state index in [-0.39, 0.29) is 0 Å². The number of rotatable bonds is 2. The molecule has 1 aromatic carbocycles. The van der Waals surface area contributed by atoms with Gasteiger partial charge in [-0.25, -0.2) is 0 Å². The fourth-order valence-corrected chi connectivity index (χ4v) is 5.67. The van der Waals surface area contributed by atoms with Crippen molar-refractivity contribution in [1.82, 2.24) is 0 Å². The molecule has 2 bridgehead atoms. The van der Waals surface area contributed by atoms with Gasteiger partial charge in [0.2, 0.25) is 0 Å². The molecule has 4 heteroatoms. The lowest BCUT2D eigenvalue weighted by atomic mass is 9.79. The fourth-order valence-electron chi connectivity index (χ4n) is 5.07. The predicted octanol–water partition coefficient (Wildman–Crippen LogP) is 5.88. The Balaban J connectivity index is 1.55. The minimum atomic E-state index is 0.519. The van der Waals surface area contributed by atoms with Crippen LogP contribution in [0.5, 0.6) is 0 Å². The van der Waals surface area contributed by atoms with Crippen molar-refractivity contribution < 1.29 is 0 Å². The second-order valence-corrected chi connectivity index (χ2v) is 7.87. The molecule has 0 saturated heterocycles. The van der Waals surface area contributed by atoms with Crippen molar-refractivity contribution in [3.63, 3.8) is 0 Å². The molecule has 108 valence electrons. The van der Waals surface area contributed by atoms with E-state index in [0.29, 0.717) is 21.1 Å². The van der Waals surface area contributed by atoms with Gasteiger partial charge in [-0.1, -0.05) is 41.2 Å². The summed E-state index contributed by atoms with van der Waals surface area (Å²) in [6, 6.07) is 4.16. The first-order valence-electron chi connectivity index (χ1n) is 7.54. The first-order valence-corrected chi connectivity index (χ1v) is 8.68. The zero-order chi connectivity index (χ0) is 13.9. The van der Waals surface area contributed by atoms with E-state index in [1.165, 1.54) is 32.1 Å². The Labute approximate surface area is 135 Å². The van der Waals surface area contributed by atoms with Gasteiger partial charge in [0.25, 0.3) is 0 Å². The van der Waals surface area contributed by atoms with Gasteiger partial charge in [0.1, 0.15) is 0 Å². The van der Waals surface area contributed by atoms with Crippen LogP contribution in [-0.4, -0.2) is 6.04 Å². The molecule has 3 saturated carbocycles. The summed E-state index contributed by atoms with van der Waals surface area (Å²) in [6.45, 7) is 0. The van der Waals surface area contributed by atoms with E-state index < -0.39 is 0 Å². The fraction of sp³-hybridized carbons (Fsp3) is 0.625. The van der Waals surface area contributed by atoms with E-state index in [1.807, 2.05) is 6.07 Å². The molecular weight excluding hydrogens is 313 g/mol. The van der Waals surface area contributed by atoms with Crippen LogP contribution in [-0.2, 0) is 0 Å². The van der Waals surface area contributed by atoms with Crippen molar-refractivity contribution in [3.8, 4) is 0 Å². The van der Waals surface area contributed by atoms with E-state index in [9.17, 15) is 0 Å². The normalized spacial score (nSPS) is 38.2. The van der Waals surface area contributed by atoms with Gasteiger partial charge in [0, 0.05) is 6.04 Å². The van der Waals surface area contributed by atoms with Crippen LogP contribution in [0.3, 0.4) is 0 Å². The average molecular weight is 331 g/mol. The molecule has 0 aromatic heterocycles. The SMILES string of the molecule is Clc1cc(Cl)c(NC2CC3CC2C2CCCC32)cc1Cl. The van der Waals surface area contributed by atoms with Crippen molar-refractivity contribution in [2.45, 2.75) is 38.1 Å². The summed E-state index contributed by atoms with van der Waals surface area (Å²) in [7, 11) is 0. The van der Waals surface area contributed by atoms with Crippen LogP contribution < -0.4 is 5.32 Å². The van der Waals surface area contributed by atoms with Gasteiger partial charge in [-0.2, -0.15) is 0 Å². The van der Waals surface area contributed by atoms with Crippen molar-refractivity contribution in [2.75, 3.05) is 5.32 Å². The standard InChI is InChI=1S/C16H18Cl3N/c17-12-6-14(19)16(7-13(12)18)20-15-5-8-4-11(15)10-3-1-2-9(8)10/h6-11,15,20H,1-5H2. The Morgan fingerprint density at radius 2 is 1.60 bits per heavy atom. The van der Waals surface area contributed by atoms with Gasteiger partial charge in [-0.15, -0.1) is 0 Å². The molecule has 3 aliphatic rings. The third-order valence-corrected chi connectivity index (χ3v) is 6.81. The molecule has 0 heterocycles. The molecule has 5 atom stereocenters. The second kappa shape index (κ2) is 4.97. The summed E-state index contributed by atoms with van der Waals surface area (Å²) < 4.78 is 0. The van der Waals surface area contributed by atoms with E-state index in [2.05, 4.69) is 5.32 Å². The lowest BCUT2D eigenvalue weighted by Crippen LogP contribution is -2.33. The lowest BCUT2D eigenvalue weighted by molar-refractivity contribution is 0.243. The summed E-state index contributed by atoms with van der Waals surface area (Å²) in [5.74, 6) is 3.74. The van der Waals surface area contributed by atoms with E-state index in [0.717, 1.165) is 29.4 Å². The van der Waals surface area contributed by atoms with Crippen molar-refractivity contribution in [1.29, 1.82) is 0 Å². The van der Waals surface area contributed by atoms with Crippen LogP contribution in [0, 0.1) is 23.7 Å². The zero-order valence-corrected chi connectivity index (χ0v) is 13.5. The molecule has 4 rings (SSSR count). The largest absolute Gasteiger partial charge is 0.381 e. The lowest BCUT2D eigenvalue weighted by Gasteiger charge is -2.33. The minimum Gasteiger partial charge on any atom is -0.381 e. The number of hydrogen-bond acceptors (Lipinski definition) is 1. The smallest absolute Gasteiger partial charge is 0.0653 e. The number of nitrogens with one attached hydrogen (secondary N) is 1. The first-order chi connectivity index (χ1) is 9.63. The van der Waals surface area contributed by atoms with Crippen molar-refractivity contribution >= 4 is 40.5 Å². The summed E-state index contributed by atoms with van der Waals surface area (Å²) in [5, 5.41) is 5.41. The Kier molecular flexibility index (Phi) is 3.36. The molecule has 3 fully saturated rings. The third-order valence-electron chi connectivity index (χ3n) is 5.78. The number of anilines is 1. The predicted molar refractivity (Wildman–Crippen MR) is 85.9 cm³/mol. The van der Waals surface area contributed by atoms with Gasteiger partial charge >= 0.3 is 0 Å². The van der Waals surface area contributed by atoms with Crippen LogP contribution >= 0.6 is 34.8 Å². The highest BCUT2D eigenvalue weighted by Crippen LogP contribution is 2.59. The minimum absolute atomic E-state index is 0.519. The molecule has 20 heavy (non-hydrogen) atoms. The number of hydrogen-bond donors (Lipinski definition) is 1. The van der Waals surface area contributed by atoms with Crippen LogP contribution in [0.1, 0.15) is 32.1 Å². The second-order valence-electron chi connectivity index (χ2n) is 6.65. The topological polar surface area (TPSA) is 12.0 Å². The van der Waals surface area contributed by atoms with Crippen LogP contribution in [0.15, 0.2) is 12.1 Å². The van der Waals surface area contributed by atoms with Gasteiger partial charge in [-0.3, -0.25) is 0 Å². The molecule has 0 aliphatic heterocycles. The van der Waals surface area contributed by atoms with Crippen molar-refractivity contribution in [3.05, 3.63) is 27.2 Å². The summed E-state index contributed by atoms with van der Waals surface area (Å²) in [5.41, 5.74) is 0.938. The van der Waals surface area contributed by atoms with Crippen LogP contribution in [0.4, 0.5) is 5.69 Å². The Morgan fingerprint density at radius 3 is 2.45 bits per heavy atom. The molecule has 0 amide bonds. The summed E-state index contributed by atoms with van der Waals surface area (Å²) >= 11 is 18.4. The quantitative estimate of drug-likeness (QED) is 0.667. The zero-order valence-electron chi connectivity index (χ0n) is 11.2. The van der Waals surface area contributed by atoms with Gasteiger partial charge in [-0.05, 0) is 61.5 Å². The number of benzene rings is 1. The van der Waals surface area contributed by atoms with Crippen LogP contribution in [0.2, 0.25) is 15.1 Å². The summed E-state index contributed by atoms with van der Waals surface area (Å²) in [6.07, 6.45) is 7.03. The molecular formula is C16H18Cl3N. The van der Waals surface area contributed by atoms with Gasteiger partial charge in [0.15, 0.2) is 0 Å². The van der Waals surface area contributed by atoms with Gasteiger partial charge < -0.3 is 5.32 Å². The Bertz CT molecular complexity index is 545. The summed E-state index contributed by atoms with van der Waals surface area (Å²) in [4.78, 5) is 0. The van der Waals surface area contributed by atoms with Crippen molar-refractivity contribution in [2.24, 2.45) is 23.7 Å². The monoisotopic (exact) mass is 329 g/mol. The highest BCUT2D eigenvalue weighted by Gasteiger charge is 2.53. The molecule has 5 unspecified atom stereocenters. The third kappa shape index (κ3) is 2.05.